The van der Waals surface area contributed by atoms with E-state index in [4.69, 9.17) is 5.73 Å². The zero-order valence-corrected chi connectivity index (χ0v) is 9.45. The topological polar surface area (TPSA) is 63.4 Å². The second-order valence-electron chi connectivity index (χ2n) is 3.24. The predicted octanol–water partition coefficient (Wildman–Crippen LogP) is 1.00. The molecule has 4 nitrogen and oxygen atoms in total. The molecule has 5 heteroatoms. The Labute approximate surface area is 95.2 Å². The predicted molar refractivity (Wildman–Crippen MR) is 58.6 cm³/mol. The van der Waals surface area contributed by atoms with Crippen molar-refractivity contribution in [2.24, 2.45) is 5.73 Å². The average molecular weight is 269 g/mol. The van der Waals surface area contributed by atoms with Gasteiger partial charge in [0, 0.05) is 17.6 Å². The number of fused-ring (bicyclic) bond motifs is 1. The molecule has 78 valence electrons. The van der Waals surface area contributed by atoms with Crippen LogP contribution in [0.25, 0.3) is 0 Å². The van der Waals surface area contributed by atoms with Crippen LogP contribution < -0.4 is 5.73 Å². The standard InChI is InChI=1S/C10H9BrN2O2/c11-6-1-2-7-8(5-6)10(15)13(4-3-12)9(7)14/h1-2,5H,3-4,12H2. The molecule has 1 aromatic carbocycles. The first-order chi connectivity index (χ1) is 7.15. The second-order valence-corrected chi connectivity index (χ2v) is 4.16. The van der Waals surface area contributed by atoms with Gasteiger partial charge in [0.15, 0.2) is 0 Å². The molecule has 1 aliphatic heterocycles. The molecule has 0 bridgehead atoms. The third kappa shape index (κ3) is 1.57. The van der Waals surface area contributed by atoms with E-state index in [1.54, 1.807) is 18.2 Å². The van der Waals surface area contributed by atoms with Crippen LogP contribution in [0.3, 0.4) is 0 Å². The van der Waals surface area contributed by atoms with Gasteiger partial charge in [-0.2, -0.15) is 0 Å². The molecule has 0 atom stereocenters. The highest BCUT2D eigenvalue weighted by Gasteiger charge is 2.34. The molecular weight excluding hydrogens is 260 g/mol. The molecule has 0 unspecified atom stereocenters. The van der Waals surface area contributed by atoms with Gasteiger partial charge in [-0.15, -0.1) is 0 Å². The molecular formula is C10H9BrN2O2. The van der Waals surface area contributed by atoms with Gasteiger partial charge in [-0.25, -0.2) is 0 Å². The van der Waals surface area contributed by atoms with E-state index in [1.165, 1.54) is 4.90 Å². The van der Waals surface area contributed by atoms with Crippen molar-refractivity contribution < 1.29 is 9.59 Å². The Balaban J connectivity index is 2.46. The van der Waals surface area contributed by atoms with Crippen molar-refractivity contribution in [2.45, 2.75) is 0 Å². The number of hydrogen-bond donors (Lipinski definition) is 1. The summed E-state index contributed by atoms with van der Waals surface area (Å²) in [5, 5.41) is 0. The van der Waals surface area contributed by atoms with Crippen LogP contribution in [0, 0.1) is 0 Å². The number of imide groups is 1. The molecule has 0 aliphatic carbocycles. The summed E-state index contributed by atoms with van der Waals surface area (Å²) < 4.78 is 0.789. The molecule has 15 heavy (non-hydrogen) atoms. The fraction of sp³-hybridized carbons (Fsp3) is 0.200. The van der Waals surface area contributed by atoms with E-state index in [2.05, 4.69) is 15.9 Å². The fourth-order valence-electron chi connectivity index (χ4n) is 1.60. The summed E-state index contributed by atoms with van der Waals surface area (Å²) in [6, 6.07) is 5.05. The van der Waals surface area contributed by atoms with Crippen molar-refractivity contribution in [3.63, 3.8) is 0 Å². The van der Waals surface area contributed by atoms with Crippen molar-refractivity contribution in [1.82, 2.24) is 4.90 Å². The molecule has 0 fully saturated rings. The smallest absolute Gasteiger partial charge is 0.261 e. The molecule has 2 amide bonds. The van der Waals surface area contributed by atoms with E-state index in [-0.39, 0.29) is 24.9 Å². The minimum atomic E-state index is -0.262. The van der Waals surface area contributed by atoms with E-state index < -0.39 is 0 Å². The van der Waals surface area contributed by atoms with Crippen molar-refractivity contribution in [3.05, 3.63) is 33.8 Å². The molecule has 1 heterocycles. The Bertz CT molecular complexity index is 445. The quantitative estimate of drug-likeness (QED) is 0.815. The first-order valence-electron chi connectivity index (χ1n) is 4.51. The van der Waals surface area contributed by atoms with Crippen LogP contribution in [0.5, 0.6) is 0 Å². The number of carbonyl (C=O) groups excluding carboxylic acids is 2. The fourth-order valence-corrected chi connectivity index (χ4v) is 1.96. The zero-order chi connectivity index (χ0) is 11.0. The van der Waals surface area contributed by atoms with E-state index in [0.717, 1.165) is 4.47 Å². The Morgan fingerprint density at radius 1 is 1.20 bits per heavy atom. The summed E-state index contributed by atoms with van der Waals surface area (Å²) in [6.07, 6.45) is 0. The Morgan fingerprint density at radius 3 is 2.53 bits per heavy atom. The van der Waals surface area contributed by atoms with Crippen LogP contribution >= 0.6 is 15.9 Å². The third-order valence-corrected chi connectivity index (χ3v) is 2.78. The molecule has 0 aromatic heterocycles. The van der Waals surface area contributed by atoms with Crippen LogP contribution in [0.2, 0.25) is 0 Å². The minimum Gasteiger partial charge on any atom is -0.329 e. The lowest BCUT2D eigenvalue weighted by Crippen LogP contribution is -2.34. The lowest BCUT2D eigenvalue weighted by Gasteiger charge is -2.11. The molecule has 2 rings (SSSR count). The van der Waals surface area contributed by atoms with Crippen LogP contribution in [0.1, 0.15) is 20.7 Å². The van der Waals surface area contributed by atoms with Gasteiger partial charge in [0.25, 0.3) is 11.8 Å². The van der Waals surface area contributed by atoms with E-state index >= 15 is 0 Å². The van der Waals surface area contributed by atoms with Gasteiger partial charge in [0.1, 0.15) is 0 Å². The highest BCUT2D eigenvalue weighted by atomic mass is 79.9. The molecule has 2 N–H and O–H groups in total. The maximum Gasteiger partial charge on any atom is 0.261 e. The minimum absolute atomic E-state index is 0.257. The zero-order valence-electron chi connectivity index (χ0n) is 7.87. The molecule has 0 saturated carbocycles. The monoisotopic (exact) mass is 268 g/mol. The lowest BCUT2D eigenvalue weighted by atomic mass is 10.1. The lowest BCUT2D eigenvalue weighted by molar-refractivity contribution is 0.0659. The summed E-state index contributed by atoms with van der Waals surface area (Å²) in [6.45, 7) is 0.552. The van der Waals surface area contributed by atoms with Crippen molar-refractivity contribution in [1.29, 1.82) is 0 Å². The Kier molecular flexibility index (Phi) is 2.58. The number of nitrogens with zero attached hydrogens (tertiary/aromatic N) is 1. The number of hydrogen-bond acceptors (Lipinski definition) is 3. The Morgan fingerprint density at radius 2 is 1.87 bits per heavy atom. The maximum absolute atomic E-state index is 11.8. The largest absolute Gasteiger partial charge is 0.329 e. The molecule has 0 saturated heterocycles. The van der Waals surface area contributed by atoms with Crippen LogP contribution in [-0.2, 0) is 0 Å². The first kappa shape index (κ1) is 10.3. The number of rotatable bonds is 2. The summed E-state index contributed by atoms with van der Waals surface area (Å²) >= 11 is 3.26. The molecule has 1 aliphatic rings. The van der Waals surface area contributed by atoms with Gasteiger partial charge < -0.3 is 5.73 Å². The van der Waals surface area contributed by atoms with Crippen LogP contribution in [0.15, 0.2) is 22.7 Å². The third-order valence-electron chi connectivity index (χ3n) is 2.29. The van der Waals surface area contributed by atoms with Gasteiger partial charge in [-0.1, -0.05) is 15.9 Å². The maximum atomic E-state index is 11.8. The average Bonchev–Trinajstić information content (AvgIpc) is 2.44. The number of carbonyl (C=O) groups is 2. The summed E-state index contributed by atoms with van der Waals surface area (Å²) in [5.74, 6) is -0.519. The number of halogens is 1. The van der Waals surface area contributed by atoms with Gasteiger partial charge in [0.2, 0.25) is 0 Å². The van der Waals surface area contributed by atoms with Crippen LogP contribution in [-0.4, -0.2) is 29.8 Å². The summed E-state index contributed by atoms with van der Waals surface area (Å²) in [5.41, 5.74) is 6.24. The van der Waals surface area contributed by atoms with Crippen molar-refractivity contribution in [2.75, 3.05) is 13.1 Å². The number of benzene rings is 1. The van der Waals surface area contributed by atoms with Crippen LogP contribution in [0.4, 0.5) is 0 Å². The first-order valence-corrected chi connectivity index (χ1v) is 5.30. The SMILES string of the molecule is NCCN1C(=O)c2ccc(Br)cc2C1=O. The van der Waals surface area contributed by atoms with Gasteiger partial charge in [-0.05, 0) is 18.2 Å². The van der Waals surface area contributed by atoms with E-state index in [9.17, 15) is 9.59 Å². The van der Waals surface area contributed by atoms with Crippen molar-refractivity contribution in [3.8, 4) is 0 Å². The normalized spacial score (nSPS) is 14.7. The van der Waals surface area contributed by atoms with Gasteiger partial charge >= 0.3 is 0 Å². The molecule has 0 radical (unpaired) electrons. The molecule has 1 aromatic rings. The second kappa shape index (κ2) is 3.75. The highest BCUT2D eigenvalue weighted by molar-refractivity contribution is 9.10. The summed E-state index contributed by atoms with van der Waals surface area (Å²) in [7, 11) is 0. The summed E-state index contributed by atoms with van der Waals surface area (Å²) in [4.78, 5) is 24.7. The molecule has 0 spiro atoms. The number of nitrogens with two attached hydrogens (primary N) is 1. The van der Waals surface area contributed by atoms with Gasteiger partial charge in [0.05, 0.1) is 11.1 Å². The van der Waals surface area contributed by atoms with Gasteiger partial charge in [-0.3, -0.25) is 14.5 Å². The van der Waals surface area contributed by atoms with E-state index in [0.29, 0.717) is 11.1 Å². The highest BCUT2D eigenvalue weighted by Crippen LogP contribution is 2.25. The Hall–Kier alpha value is -1.20. The van der Waals surface area contributed by atoms with E-state index in [1.807, 2.05) is 0 Å². The van der Waals surface area contributed by atoms with Crippen molar-refractivity contribution >= 4 is 27.7 Å². The number of amides is 2.